The smallest absolute Gasteiger partial charge is 0.115 e. The van der Waals surface area contributed by atoms with Crippen molar-refractivity contribution in [3.05, 3.63) is 59.1 Å². The summed E-state index contributed by atoms with van der Waals surface area (Å²) in [5.41, 5.74) is 2.32. The fourth-order valence-electron chi connectivity index (χ4n) is 1.26. The fraction of sp³-hybridized carbons (Fsp3) is 0.0909. The van der Waals surface area contributed by atoms with Gasteiger partial charge in [-0.05, 0) is 23.3 Å². The molecule has 14 heavy (non-hydrogen) atoms. The van der Waals surface area contributed by atoms with Gasteiger partial charge in [-0.15, -0.1) is 0 Å². The van der Waals surface area contributed by atoms with Crippen LogP contribution < -0.4 is 0 Å². The molecule has 0 saturated heterocycles. The van der Waals surface area contributed by atoms with Crippen LogP contribution in [0.3, 0.4) is 0 Å². The van der Waals surface area contributed by atoms with E-state index in [1.165, 1.54) is 11.9 Å². The predicted molar refractivity (Wildman–Crippen MR) is 56.3 cm³/mol. The van der Waals surface area contributed by atoms with Crippen molar-refractivity contribution in [2.75, 3.05) is 0 Å². The van der Waals surface area contributed by atoms with Gasteiger partial charge in [0.1, 0.15) is 6.33 Å². The zero-order valence-electron chi connectivity index (χ0n) is 7.52. The number of nitrogens with zero attached hydrogens (tertiary/aromatic N) is 2. The molecule has 70 valence electrons. The van der Waals surface area contributed by atoms with E-state index in [1.807, 2.05) is 36.7 Å². The molecule has 1 aromatic carbocycles. The molecular weight excluding hydrogens is 196 g/mol. The Morgan fingerprint density at radius 3 is 2.21 bits per heavy atom. The van der Waals surface area contributed by atoms with E-state index in [1.54, 1.807) is 0 Å². The van der Waals surface area contributed by atoms with E-state index in [2.05, 4.69) is 9.97 Å². The standard InChI is InChI=1S/C11H9ClN2/c12-11-3-1-9(2-4-11)5-10-6-13-8-14-7-10/h1-4,6-8H,5H2. The van der Waals surface area contributed by atoms with Crippen molar-refractivity contribution in [1.82, 2.24) is 9.97 Å². The number of halogens is 1. The molecule has 1 aromatic heterocycles. The predicted octanol–water partition coefficient (Wildman–Crippen LogP) is 2.72. The average Bonchev–Trinajstić information content (AvgIpc) is 2.23. The molecule has 0 unspecified atom stereocenters. The molecule has 2 aromatic rings. The van der Waals surface area contributed by atoms with Crippen LogP contribution in [-0.2, 0) is 6.42 Å². The molecule has 2 rings (SSSR count). The van der Waals surface area contributed by atoms with Crippen molar-refractivity contribution >= 4 is 11.6 Å². The summed E-state index contributed by atoms with van der Waals surface area (Å²) in [7, 11) is 0. The second-order valence-electron chi connectivity index (χ2n) is 3.05. The third-order valence-electron chi connectivity index (χ3n) is 1.94. The maximum Gasteiger partial charge on any atom is 0.115 e. The van der Waals surface area contributed by atoms with Gasteiger partial charge in [0, 0.05) is 23.8 Å². The Morgan fingerprint density at radius 2 is 1.57 bits per heavy atom. The van der Waals surface area contributed by atoms with Gasteiger partial charge < -0.3 is 0 Å². The Labute approximate surface area is 87.6 Å². The van der Waals surface area contributed by atoms with E-state index in [0.717, 1.165) is 17.0 Å². The maximum absolute atomic E-state index is 5.79. The highest BCUT2D eigenvalue weighted by Gasteiger charge is 1.96. The minimum Gasteiger partial charge on any atom is -0.245 e. The Kier molecular flexibility index (Phi) is 2.75. The number of hydrogen-bond donors (Lipinski definition) is 0. The van der Waals surface area contributed by atoms with Gasteiger partial charge in [-0.2, -0.15) is 0 Å². The van der Waals surface area contributed by atoms with Gasteiger partial charge in [0.25, 0.3) is 0 Å². The molecule has 0 fully saturated rings. The number of rotatable bonds is 2. The SMILES string of the molecule is Clc1ccc(Cc2cncnc2)cc1. The first-order chi connectivity index (χ1) is 6.84. The fourth-order valence-corrected chi connectivity index (χ4v) is 1.39. The van der Waals surface area contributed by atoms with Crippen molar-refractivity contribution in [2.45, 2.75) is 6.42 Å². The average molecular weight is 205 g/mol. The second kappa shape index (κ2) is 4.20. The summed E-state index contributed by atoms with van der Waals surface area (Å²) in [5, 5.41) is 0.762. The summed E-state index contributed by atoms with van der Waals surface area (Å²) in [6.45, 7) is 0. The Balaban J connectivity index is 2.16. The summed E-state index contributed by atoms with van der Waals surface area (Å²) in [5.74, 6) is 0. The minimum atomic E-state index is 0.762. The number of benzene rings is 1. The van der Waals surface area contributed by atoms with Crippen LogP contribution in [0, 0.1) is 0 Å². The first kappa shape index (κ1) is 9.16. The van der Waals surface area contributed by atoms with Crippen LogP contribution in [0.25, 0.3) is 0 Å². The van der Waals surface area contributed by atoms with Crippen LogP contribution in [0.1, 0.15) is 11.1 Å². The highest BCUT2D eigenvalue weighted by atomic mass is 35.5. The van der Waals surface area contributed by atoms with Gasteiger partial charge in [0.05, 0.1) is 0 Å². The zero-order chi connectivity index (χ0) is 9.80. The van der Waals surface area contributed by atoms with Gasteiger partial charge in [0.2, 0.25) is 0 Å². The monoisotopic (exact) mass is 204 g/mol. The van der Waals surface area contributed by atoms with Crippen molar-refractivity contribution in [2.24, 2.45) is 0 Å². The molecule has 0 spiro atoms. The van der Waals surface area contributed by atoms with Gasteiger partial charge >= 0.3 is 0 Å². The molecule has 1 heterocycles. The lowest BCUT2D eigenvalue weighted by Crippen LogP contribution is -1.89. The molecule has 2 nitrogen and oxygen atoms in total. The molecule has 0 aliphatic rings. The largest absolute Gasteiger partial charge is 0.245 e. The Bertz CT molecular complexity index is 397. The second-order valence-corrected chi connectivity index (χ2v) is 3.49. The molecule has 0 N–H and O–H groups in total. The van der Waals surface area contributed by atoms with Crippen LogP contribution >= 0.6 is 11.6 Å². The molecule has 3 heteroatoms. The molecular formula is C11H9ClN2. The van der Waals surface area contributed by atoms with E-state index >= 15 is 0 Å². The van der Waals surface area contributed by atoms with Crippen LogP contribution in [0.4, 0.5) is 0 Å². The summed E-state index contributed by atoms with van der Waals surface area (Å²) in [6, 6.07) is 7.80. The summed E-state index contributed by atoms with van der Waals surface area (Å²) >= 11 is 5.79. The molecule has 0 saturated carbocycles. The van der Waals surface area contributed by atoms with Crippen LogP contribution in [0.2, 0.25) is 5.02 Å². The topological polar surface area (TPSA) is 25.8 Å². The van der Waals surface area contributed by atoms with Crippen molar-refractivity contribution in [1.29, 1.82) is 0 Å². The molecule has 0 amide bonds. The summed E-state index contributed by atoms with van der Waals surface area (Å²) in [6.07, 6.45) is 6.02. The normalized spacial score (nSPS) is 10.1. The van der Waals surface area contributed by atoms with Gasteiger partial charge in [-0.3, -0.25) is 0 Å². The lowest BCUT2D eigenvalue weighted by atomic mass is 10.1. The third kappa shape index (κ3) is 2.30. The number of aromatic nitrogens is 2. The van der Waals surface area contributed by atoms with E-state index in [-0.39, 0.29) is 0 Å². The van der Waals surface area contributed by atoms with Crippen LogP contribution in [0.5, 0.6) is 0 Å². The van der Waals surface area contributed by atoms with Crippen LogP contribution in [0.15, 0.2) is 43.0 Å². The quantitative estimate of drug-likeness (QED) is 0.752. The highest BCUT2D eigenvalue weighted by molar-refractivity contribution is 6.30. The van der Waals surface area contributed by atoms with Gasteiger partial charge in [-0.1, -0.05) is 23.7 Å². The third-order valence-corrected chi connectivity index (χ3v) is 2.19. The molecule has 0 radical (unpaired) electrons. The molecule has 0 aliphatic heterocycles. The van der Waals surface area contributed by atoms with Crippen molar-refractivity contribution < 1.29 is 0 Å². The Morgan fingerprint density at radius 1 is 0.929 bits per heavy atom. The molecule has 0 bridgehead atoms. The lowest BCUT2D eigenvalue weighted by Gasteiger charge is -2.00. The zero-order valence-corrected chi connectivity index (χ0v) is 8.28. The maximum atomic E-state index is 5.79. The van der Waals surface area contributed by atoms with E-state index in [0.29, 0.717) is 0 Å². The lowest BCUT2D eigenvalue weighted by molar-refractivity contribution is 1.07. The number of hydrogen-bond acceptors (Lipinski definition) is 2. The summed E-state index contributed by atoms with van der Waals surface area (Å²) < 4.78 is 0. The van der Waals surface area contributed by atoms with E-state index in [9.17, 15) is 0 Å². The highest BCUT2D eigenvalue weighted by Crippen LogP contribution is 2.12. The molecule has 0 atom stereocenters. The van der Waals surface area contributed by atoms with Gasteiger partial charge in [0.15, 0.2) is 0 Å². The van der Waals surface area contributed by atoms with E-state index in [4.69, 9.17) is 11.6 Å². The van der Waals surface area contributed by atoms with Crippen molar-refractivity contribution in [3.8, 4) is 0 Å². The minimum absolute atomic E-state index is 0.762. The van der Waals surface area contributed by atoms with E-state index < -0.39 is 0 Å². The van der Waals surface area contributed by atoms with Crippen molar-refractivity contribution in [3.63, 3.8) is 0 Å². The Hall–Kier alpha value is -1.41. The first-order valence-electron chi connectivity index (χ1n) is 4.33. The van der Waals surface area contributed by atoms with Crippen LogP contribution in [-0.4, -0.2) is 9.97 Å². The summed E-state index contributed by atoms with van der Waals surface area (Å²) in [4.78, 5) is 7.92. The first-order valence-corrected chi connectivity index (χ1v) is 4.71. The van der Waals surface area contributed by atoms with Gasteiger partial charge in [-0.25, -0.2) is 9.97 Å². The molecule has 0 aliphatic carbocycles.